The van der Waals surface area contributed by atoms with Crippen molar-refractivity contribution in [2.24, 2.45) is 0 Å². The van der Waals surface area contributed by atoms with Gasteiger partial charge in [0, 0.05) is 32.6 Å². The SMILES string of the molecule is CCCn1c(SCC(=O)NC2CCN(C(C)=O)CC2)nc2ccccc2c1=O. The highest BCUT2D eigenvalue weighted by atomic mass is 32.2. The Morgan fingerprint density at radius 2 is 1.96 bits per heavy atom. The lowest BCUT2D eigenvalue weighted by molar-refractivity contribution is -0.130. The fourth-order valence-corrected chi connectivity index (χ4v) is 4.25. The molecule has 0 radical (unpaired) electrons. The minimum Gasteiger partial charge on any atom is -0.353 e. The number of nitrogens with one attached hydrogen (secondary N) is 1. The number of para-hydroxylation sites is 1. The molecule has 3 rings (SSSR count). The van der Waals surface area contributed by atoms with Crippen LogP contribution in [0, 0.1) is 0 Å². The third-order valence-electron chi connectivity index (χ3n) is 4.91. The molecule has 7 nitrogen and oxygen atoms in total. The van der Waals surface area contributed by atoms with E-state index in [2.05, 4.69) is 10.3 Å². The van der Waals surface area contributed by atoms with Gasteiger partial charge in [0.05, 0.1) is 16.7 Å². The first kappa shape index (κ1) is 20.4. The Kier molecular flexibility index (Phi) is 6.72. The summed E-state index contributed by atoms with van der Waals surface area (Å²) >= 11 is 1.29. The van der Waals surface area contributed by atoms with E-state index >= 15 is 0 Å². The van der Waals surface area contributed by atoms with E-state index < -0.39 is 0 Å². The number of fused-ring (bicyclic) bond motifs is 1. The summed E-state index contributed by atoms with van der Waals surface area (Å²) in [5.41, 5.74) is 0.589. The number of rotatable bonds is 6. The van der Waals surface area contributed by atoms with E-state index in [0.29, 0.717) is 35.7 Å². The summed E-state index contributed by atoms with van der Waals surface area (Å²) < 4.78 is 1.66. The van der Waals surface area contributed by atoms with E-state index in [9.17, 15) is 14.4 Å². The van der Waals surface area contributed by atoms with Gasteiger partial charge in [0.15, 0.2) is 5.16 Å². The van der Waals surface area contributed by atoms with Crippen molar-refractivity contribution in [2.45, 2.75) is 50.9 Å². The number of hydrogen-bond acceptors (Lipinski definition) is 5. The number of carbonyl (C=O) groups excluding carboxylic acids is 2. The number of carbonyl (C=O) groups is 2. The van der Waals surface area contributed by atoms with Gasteiger partial charge >= 0.3 is 0 Å². The van der Waals surface area contributed by atoms with Crippen molar-refractivity contribution in [2.75, 3.05) is 18.8 Å². The summed E-state index contributed by atoms with van der Waals surface area (Å²) in [5.74, 6) is 0.217. The van der Waals surface area contributed by atoms with E-state index in [1.807, 2.05) is 25.1 Å². The lowest BCUT2D eigenvalue weighted by Crippen LogP contribution is -2.46. The molecule has 1 saturated heterocycles. The van der Waals surface area contributed by atoms with Crippen LogP contribution in [0.15, 0.2) is 34.2 Å². The van der Waals surface area contributed by atoms with Crippen molar-refractivity contribution in [3.8, 4) is 0 Å². The van der Waals surface area contributed by atoms with Crippen LogP contribution < -0.4 is 10.9 Å². The van der Waals surface area contributed by atoms with Gasteiger partial charge in [-0.15, -0.1) is 0 Å². The third kappa shape index (κ3) is 4.73. The van der Waals surface area contributed by atoms with Gasteiger partial charge in [0.25, 0.3) is 5.56 Å². The molecule has 2 heterocycles. The zero-order chi connectivity index (χ0) is 20.1. The molecule has 0 unspecified atom stereocenters. The molecular formula is C20H26N4O3S. The quantitative estimate of drug-likeness (QED) is 0.590. The Balaban J connectivity index is 1.64. The fraction of sp³-hybridized carbons (Fsp3) is 0.500. The highest BCUT2D eigenvalue weighted by Crippen LogP contribution is 2.18. The molecular weight excluding hydrogens is 376 g/mol. The zero-order valence-electron chi connectivity index (χ0n) is 16.3. The van der Waals surface area contributed by atoms with Crippen molar-refractivity contribution >= 4 is 34.5 Å². The molecule has 1 aliphatic rings. The minimum atomic E-state index is -0.0725. The maximum atomic E-state index is 12.8. The Hall–Kier alpha value is -2.35. The number of thioether (sulfide) groups is 1. The summed E-state index contributed by atoms with van der Waals surface area (Å²) in [6, 6.07) is 7.38. The number of benzene rings is 1. The average Bonchev–Trinajstić information content (AvgIpc) is 2.69. The van der Waals surface area contributed by atoms with E-state index in [4.69, 9.17) is 0 Å². The van der Waals surface area contributed by atoms with Gasteiger partial charge in [-0.25, -0.2) is 4.98 Å². The topological polar surface area (TPSA) is 84.3 Å². The van der Waals surface area contributed by atoms with Crippen molar-refractivity contribution in [1.29, 1.82) is 0 Å². The molecule has 0 aliphatic carbocycles. The monoisotopic (exact) mass is 402 g/mol. The lowest BCUT2D eigenvalue weighted by Gasteiger charge is -2.31. The van der Waals surface area contributed by atoms with Crippen LogP contribution in [0.2, 0.25) is 0 Å². The highest BCUT2D eigenvalue weighted by molar-refractivity contribution is 7.99. The molecule has 1 aliphatic heterocycles. The van der Waals surface area contributed by atoms with Gasteiger partial charge < -0.3 is 10.2 Å². The maximum absolute atomic E-state index is 12.8. The van der Waals surface area contributed by atoms with Crippen molar-refractivity contribution < 1.29 is 9.59 Å². The second-order valence-corrected chi connectivity index (χ2v) is 7.95. The summed E-state index contributed by atoms with van der Waals surface area (Å²) in [6.45, 7) is 5.51. The van der Waals surface area contributed by atoms with Crippen molar-refractivity contribution in [3.63, 3.8) is 0 Å². The third-order valence-corrected chi connectivity index (χ3v) is 5.89. The molecule has 2 amide bonds. The Morgan fingerprint density at radius 3 is 2.64 bits per heavy atom. The van der Waals surface area contributed by atoms with Crippen LogP contribution in [0.4, 0.5) is 0 Å². The van der Waals surface area contributed by atoms with Gasteiger partial charge in [-0.05, 0) is 31.4 Å². The Labute approximate surface area is 168 Å². The molecule has 28 heavy (non-hydrogen) atoms. The molecule has 1 N–H and O–H groups in total. The minimum absolute atomic E-state index is 0.0630. The molecule has 0 atom stereocenters. The molecule has 0 spiro atoms. The highest BCUT2D eigenvalue weighted by Gasteiger charge is 2.22. The second-order valence-electron chi connectivity index (χ2n) is 7.00. The zero-order valence-corrected chi connectivity index (χ0v) is 17.1. The van der Waals surface area contributed by atoms with E-state index in [1.165, 1.54) is 11.8 Å². The molecule has 0 saturated carbocycles. The number of likely N-dealkylation sites (tertiary alicyclic amines) is 1. The first-order valence-electron chi connectivity index (χ1n) is 9.67. The largest absolute Gasteiger partial charge is 0.353 e. The number of piperidine rings is 1. The standard InChI is InChI=1S/C20H26N4O3S/c1-3-10-24-19(27)16-6-4-5-7-17(16)22-20(24)28-13-18(26)21-15-8-11-23(12-9-15)14(2)25/h4-7,15H,3,8-13H2,1-2H3,(H,21,26). The lowest BCUT2D eigenvalue weighted by atomic mass is 10.1. The average molecular weight is 403 g/mol. The Bertz CT molecular complexity index is 919. The normalized spacial score (nSPS) is 15.0. The van der Waals surface area contributed by atoms with Gasteiger partial charge in [0.2, 0.25) is 11.8 Å². The van der Waals surface area contributed by atoms with Crippen LogP contribution in [-0.4, -0.2) is 51.1 Å². The number of hydrogen-bond donors (Lipinski definition) is 1. The first-order chi connectivity index (χ1) is 13.5. The summed E-state index contributed by atoms with van der Waals surface area (Å²) in [7, 11) is 0. The number of amides is 2. The van der Waals surface area contributed by atoms with Crippen LogP contribution in [0.3, 0.4) is 0 Å². The van der Waals surface area contributed by atoms with Crippen molar-refractivity contribution in [3.05, 3.63) is 34.6 Å². The molecule has 0 bridgehead atoms. The van der Waals surface area contributed by atoms with Gasteiger partial charge in [-0.1, -0.05) is 30.8 Å². The first-order valence-corrected chi connectivity index (χ1v) is 10.7. The predicted molar refractivity (Wildman–Crippen MR) is 110 cm³/mol. The van der Waals surface area contributed by atoms with Crippen LogP contribution in [0.1, 0.15) is 33.1 Å². The van der Waals surface area contributed by atoms with Crippen molar-refractivity contribution in [1.82, 2.24) is 19.8 Å². The van der Waals surface area contributed by atoms with E-state index in [1.54, 1.807) is 22.5 Å². The summed E-state index contributed by atoms with van der Waals surface area (Å²) in [6.07, 6.45) is 2.35. The van der Waals surface area contributed by atoms with Gasteiger partial charge in [-0.2, -0.15) is 0 Å². The molecule has 1 aromatic carbocycles. The van der Waals surface area contributed by atoms with Crippen LogP contribution >= 0.6 is 11.8 Å². The Morgan fingerprint density at radius 1 is 1.25 bits per heavy atom. The summed E-state index contributed by atoms with van der Waals surface area (Å²) in [4.78, 5) is 43.0. The molecule has 8 heteroatoms. The van der Waals surface area contributed by atoms with Gasteiger partial charge in [-0.3, -0.25) is 19.0 Å². The van der Waals surface area contributed by atoms with E-state index in [0.717, 1.165) is 19.3 Å². The predicted octanol–water partition coefficient (Wildman–Crippen LogP) is 2.03. The fourth-order valence-electron chi connectivity index (χ4n) is 3.42. The molecule has 150 valence electrons. The van der Waals surface area contributed by atoms with Crippen LogP contribution in [0.5, 0.6) is 0 Å². The second kappa shape index (κ2) is 9.23. The summed E-state index contributed by atoms with van der Waals surface area (Å²) in [5, 5.41) is 4.21. The van der Waals surface area contributed by atoms with Gasteiger partial charge in [0.1, 0.15) is 0 Å². The van der Waals surface area contributed by atoms with Crippen LogP contribution in [0.25, 0.3) is 10.9 Å². The maximum Gasteiger partial charge on any atom is 0.262 e. The smallest absolute Gasteiger partial charge is 0.262 e. The van der Waals surface area contributed by atoms with E-state index in [-0.39, 0.29) is 29.2 Å². The number of aromatic nitrogens is 2. The molecule has 1 fully saturated rings. The van der Waals surface area contributed by atoms with Crippen LogP contribution in [-0.2, 0) is 16.1 Å². The number of nitrogens with zero attached hydrogens (tertiary/aromatic N) is 3. The molecule has 2 aromatic rings. The molecule has 1 aromatic heterocycles.